The van der Waals surface area contributed by atoms with Gasteiger partial charge >= 0.3 is 6.09 Å². The van der Waals surface area contributed by atoms with Gasteiger partial charge in [0.2, 0.25) is 5.91 Å². The Morgan fingerprint density at radius 2 is 2.07 bits per heavy atom. The van der Waals surface area contributed by atoms with Crippen LogP contribution in [-0.2, 0) is 9.53 Å². The van der Waals surface area contributed by atoms with E-state index in [0.717, 1.165) is 5.56 Å². The Morgan fingerprint density at radius 1 is 1.30 bits per heavy atom. The van der Waals surface area contributed by atoms with Crippen molar-refractivity contribution in [2.45, 2.75) is 19.4 Å². The molecular weight excluding hydrogens is 392 g/mol. The Labute approximate surface area is 173 Å². The zero-order valence-corrected chi connectivity index (χ0v) is 16.6. The van der Waals surface area contributed by atoms with E-state index in [-0.39, 0.29) is 19.0 Å². The van der Waals surface area contributed by atoms with Gasteiger partial charge in [0.1, 0.15) is 11.9 Å². The topological polar surface area (TPSA) is 71.0 Å². The summed E-state index contributed by atoms with van der Waals surface area (Å²) in [7, 11) is 0. The standard InChI is InChI=1S/C22H23F2N3O3/c1-15(28)26-13-19-14-27(22(29)30-19)18-7-8-20(21(24)11-18)17-5-3-16(4-6-17)12-25-10-2-9-23/h3-8,11-12,19H,2,9-10,13-14H2,1H3,(H,26,28). The Bertz CT molecular complexity index is 932. The normalized spacial score (nSPS) is 16.2. The second-order valence-corrected chi connectivity index (χ2v) is 6.92. The fourth-order valence-electron chi connectivity index (χ4n) is 3.07. The minimum absolute atomic E-state index is 0.210. The van der Waals surface area contributed by atoms with E-state index in [1.807, 2.05) is 12.1 Å². The molecular formula is C22H23F2N3O3. The van der Waals surface area contributed by atoms with Gasteiger partial charge in [0, 0.05) is 25.2 Å². The Morgan fingerprint density at radius 3 is 2.73 bits per heavy atom. The molecule has 3 rings (SSSR count). The minimum atomic E-state index is -0.575. The number of carbonyl (C=O) groups is 2. The third kappa shape index (κ3) is 5.40. The maximum absolute atomic E-state index is 14.8. The SMILES string of the molecule is CC(=O)NCC1CN(c2ccc(-c3ccc(C=NCCCF)cc3)c(F)c2)C(=O)O1. The van der Waals surface area contributed by atoms with Crippen molar-refractivity contribution in [3.05, 3.63) is 53.8 Å². The molecule has 0 radical (unpaired) electrons. The van der Waals surface area contributed by atoms with Crippen molar-refractivity contribution in [3.8, 4) is 11.1 Å². The Balaban J connectivity index is 1.69. The molecule has 0 aliphatic carbocycles. The fraction of sp³-hybridized carbons (Fsp3) is 0.318. The first-order valence-electron chi connectivity index (χ1n) is 9.66. The summed E-state index contributed by atoms with van der Waals surface area (Å²) in [4.78, 5) is 28.6. The molecule has 8 heteroatoms. The number of hydrogen-bond donors (Lipinski definition) is 1. The van der Waals surface area contributed by atoms with Gasteiger partial charge in [0.15, 0.2) is 0 Å². The second kappa shape index (κ2) is 9.96. The molecule has 2 aromatic rings. The number of carbonyl (C=O) groups excluding carboxylic acids is 2. The number of amides is 2. The molecule has 6 nitrogen and oxygen atoms in total. The first-order chi connectivity index (χ1) is 14.5. The molecule has 2 aromatic carbocycles. The lowest BCUT2D eigenvalue weighted by molar-refractivity contribution is -0.119. The van der Waals surface area contributed by atoms with Gasteiger partial charge in [0.25, 0.3) is 0 Å². The zero-order chi connectivity index (χ0) is 21.5. The molecule has 0 saturated carbocycles. The van der Waals surface area contributed by atoms with Crippen LogP contribution >= 0.6 is 0 Å². The predicted molar refractivity (Wildman–Crippen MR) is 111 cm³/mol. The minimum Gasteiger partial charge on any atom is -0.442 e. The van der Waals surface area contributed by atoms with Gasteiger partial charge < -0.3 is 10.1 Å². The predicted octanol–water partition coefficient (Wildman–Crippen LogP) is 3.73. The van der Waals surface area contributed by atoms with Crippen molar-refractivity contribution in [1.82, 2.24) is 5.32 Å². The molecule has 158 valence electrons. The molecule has 1 fully saturated rings. The summed E-state index contributed by atoms with van der Waals surface area (Å²) in [5.74, 6) is -0.674. The van der Waals surface area contributed by atoms with Gasteiger partial charge in [0.05, 0.1) is 25.5 Å². The van der Waals surface area contributed by atoms with E-state index < -0.39 is 24.7 Å². The number of cyclic esters (lactones) is 1. The molecule has 30 heavy (non-hydrogen) atoms. The van der Waals surface area contributed by atoms with Crippen LogP contribution in [0.2, 0.25) is 0 Å². The average Bonchev–Trinajstić information content (AvgIpc) is 3.11. The summed E-state index contributed by atoms with van der Waals surface area (Å²) in [6, 6.07) is 11.8. The van der Waals surface area contributed by atoms with E-state index in [0.29, 0.717) is 29.8 Å². The van der Waals surface area contributed by atoms with Crippen LogP contribution in [0.1, 0.15) is 18.9 Å². The highest BCUT2D eigenvalue weighted by Gasteiger charge is 2.32. The van der Waals surface area contributed by atoms with E-state index in [9.17, 15) is 18.4 Å². The van der Waals surface area contributed by atoms with Crippen molar-refractivity contribution in [3.63, 3.8) is 0 Å². The van der Waals surface area contributed by atoms with Crippen molar-refractivity contribution in [2.24, 2.45) is 4.99 Å². The number of aliphatic imine (C=N–C) groups is 1. The summed E-state index contributed by atoms with van der Waals surface area (Å²) in [6.07, 6.45) is 0.997. The number of nitrogens with one attached hydrogen (secondary N) is 1. The van der Waals surface area contributed by atoms with Gasteiger partial charge in [-0.2, -0.15) is 0 Å². The van der Waals surface area contributed by atoms with Gasteiger partial charge in [-0.3, -0.25) is 19.1 Å². The molecule has 0 spiro atoms. The first kappa shape index (κ1) is 21.4. The van der Waals surface area contributed by atoms with Crippen LogP contribution < -0.4 is 10.2 Å². The van der Waals surface area contributed by atoms with E-state index in [1.165, 1.54) is 17.9 Å². The van der Waals surface area contributed by atoms with Gasteiger partial charge in [-0.25, -0.2) is 9.18 Å². The van der Waals surface area contributed by atoms with E-state index >= 15 is 0 Å². The van der Waals surface area contributed by atoms with E-state index in [1.54, 1.807) is 30.5 Å². The van der Waals surface area contributed by atoms with E-state index in [2.05, 4.69) is 10.3 Å². The van der Waals surface area contributed by atoms with Gasteiger partial charge in [-0.05, 0) is 35.7 Å². The molecule has 1 atom stereocenters. The highest BCUT2D eigenvalue weighted by Crippen LogP contribution is 2.29. The molecule has 1 unspecified atom stereocenters. The van der Waals surface area contributed by atoms with E-state index in [4.69, 9.17) is 4.74 Å². The molecule has 1 aliphatic rings. The monoisotopic (exact) mass is 415 g/mol. The van der Waals surface area contributed by atoms with Crippen molar-refractivity contribution in [1.29, 1.82) is 0 Å². The molecule has 1 heterocycles. The Hall–Kier alpha value is -3.29. The lowest BCUT2D eigenvalue weighted by Gasteiger charge is -2.14. The van der Waals surface area contributed by atoms with Crippen LogP contribution in [0.15, 0.2) is 47.5 Å². The first-order valence-corrected chi connectivity index (χ1v) is 9.66. The second-order valence-electron chi connectivity index (χ2n) is 6.92. The highest BCUT2D eigenvalue weighted by molar-refractivity contribution is 5.90. The molecule has 0 bridgehead atoms. The molecule has 1 saturated heterocycles. The molecule has 2 amide bonds. The lowest BCUT2D eigenvalue weighted by Crippen LogP contribution is -2.33. The van der Waals surface area contributed by atoms with Crippen LogP contribution in [0.25, 0.3) is 11.1 Å². The number of benzene rings is 2. The Kier molecular flexibility index (Phi) is 7.11. The van der Waals surface area contributed by atoms with Crippen LogP contribution in [0.5, 0.6) is 0 Å². The van der Waals surface area contributed by atoms with Crippen molar-refractivity contribution >= 4 is 23.9 Å². The number of hydrogen-bond acceptors (Lipinski definition) is 4. The number of halogens is 2. The zero-order valence-electron chi connectivity index (χ0n) is 16.6. The fourth-order valence-corrected chi connectivity index (χ4v) is 3.07. The number of anilines is 1. The van der Waals surface area contributed by atoms with Crippen LogP contribution in [-0.4, -0.2) is 50.6 Å². The largest absolute Gasteiger partial charge is 0.442 e. The summed E-state index contributed by atoms with van der Waals surface area (Å²) in [5, 5.41) is 2.60. The quantitative estimate of drug-likeness (QED) is 0.528. The smallest absolute Gasteiger partial charge is 0.414 e. The molecule has 1 aliphatic heterocycles. The molecule has 1 N–H and O–H groups in total. The van der Waals surface area contributed by atoms with Crippen LogP contribution in [0.3, 0.4) is 0 Å². The summed E-state index contributed by atoms with van der Waals surface area (Å²) in [6.45, 7) is 1.86. The number of ether oxygens (including phenoxy) is 1. The summed E-state index contributed by atoms with van der Waals surface area (Å²) < 4.78 is 32.0. The van der Waals surface area contributed by atoms with Crippen LogP contribution in [0, 0.1) is 5.82 Å². The molecule has 0 aromatic heterocycles. The highest BCUT2D eigenvalue weighted by atomic mass is 19.1. The van der Waals surface area contributed by atoms with Crippen molar-refractivity contribution in [2.75, 3.05) is 31.2 Å². The van der Waals surface area contributed by atoms with Gasteiger partial charge in [-0.15, -0.1) is 0 Å². The third-order valence-electron chi connectivity index (χ3n) is 4.60. The number of alkyl halides is 1. The lowest BCUT2D eigenvalue weighted by atomic mass is 10.0. The number of nitrogens with zero attached hydrogens (tertiary/aromatic N) is 2. The average molecular weight is 415 g/mol. The third-order valence-corrected chi connectivity index (χ3v) is 4.60. The summed E-state index contributed by atoms with van der Waals surface area (Å²) in [5.41, 5.74) is 2.33. The summed E-state index contributed by atoms with van der Waals surface area (Å²) >= 11 is 0. The number of rotatable bonds is 8. The maximum Gasteiger partial charge on any atom is 0.414 e. The van der Waals surface area contributed by atoms with Crippen LogP contribution in [0.4, 0.5) is 19.3 Å². The van der Waals surface area contributed by atoms with Gasteiger partial charge in [-0.1, -0.05) is 24.3 Å². The van der Waals surface area contributed by atoms with Crippen molar-refractivity contribution < 1.29 is 23.1 Å². The maximum atomic E-state index is 14.8.